The van der Waals surface area contributed by atoms with E-state index in [0.717, 1.165) is 30.7 Å². The third kappa shape index (κ3) is 2.28. The third-order valence-corrected chi connectivity index (χ3v) is 3.06. The summed E-state index contributed by atoms with van der Waals surface area (Å²) in [6.45, 7) is 0. The van der Waals surface area contributed by atoms with E-state index in [0.29, 0.717) is 0 Å². The molecule has 14 heavy (non-hydrogen) atoms. The molecule has 1 aromatic carbocycles. The van der Waals surface area contributed by atoms with Crippen LogP contribution in [0, 0.1) is 5.92 Å². The van der Waals surface area contributed by atoms with Gasteiger partial charge in [0.1, 0.15) is 0 Å². The predicted molar refractivity (Wildman–Crippen MR) is 58.3 cm³/mol. The first-order chi connectivity index (χ1) is 6.75. The van der Waals surface area contributed by atoms with Crippen LogP contribution in [-0.2, 0) is 0 Å². The van der Waals surface area contributed by atoms with Crippen LogP contribution < -0.4 is 0 Å². The Labute approximate surface area is 89.7 Å². The molecule has 1 fully saturated rings. The minimum Gasteiger partial charge on any atom is -0.393 e. The van der Waals surface area contributed by atoms with Crippen LogP contribution in [0.1, 0.15) is 31.2 Å². The fraction of sp³-hybridized carbons (Fsp3) is 0.417. The standard InChI is InChI=1S/C12H14ClO/c13-11-5-1-9(2-6-11)10-3-7-12(14)8-4-10/h1-2,5-6,12,14H,3-4,7-8H2. The van der Waals surface area contributed by atoms with Crippen molar-refractivity contribution in [3.8, 4) is 0 Å². The molecule has 0 aromatic heterocycles. The fourth-order valence-electron chi connectivity index (χ4n) is 1.93. The Morgan fingerprint density at radius 3 is 2.21 bits per heavy atom. The minimum absolute atomic E-state index is 0.0916. The van der Waals surface area contributed by atoms with E-state index in [2.05, 4.69) is 12.1 Å². The Bertz CT molecular complexity index is 286. The first-order valence-corrected chi connectivity index (χ1v) is 5.42. The van der Waals surface area contributed by atoms with Gasteiger partial charge in [-0.2, -0.15) is 0 Å². The molecule has 0 aliphatic heterocycles. The molecule has 0 saturated heterocycles. The van der Waals surface area contributed by atoms with Gasteiger partial charge in [-0.15, -0.1) is 0 Å². The molecule has 1 aliphatic rings. The molecule has 75 valence electrons. The average Bonchev–Trinajstić information content (AvgIpc) is 2.21. The van der Waals surface area contributed by atoms with Crippen molar-refractivity contribution in [1.29, 1.82) is 0 Å². The number of aliphatic hydroxyl groups excluding tert-OH is 1. The molecule has 0 bridgehead atoms. The van der Waals surface area contributed by atoms with Gasteiger partial charge in [-0.25, -0.2) is 0 Å². The van der Waals surface area contributed by atoms with E-state index in [1.54, 1.807) is 0 Å². The predicted octanol–water partition coefficient (Wildman–Crippen LogP) is 3.20. The monoisotopic (exact) mass is 209 g/mol. The Hall–Kier alpha value is -0.530. The second-order valence-electron chi connectivity index (χ2n) is 3.84. The van der Waals surface area contributed by atoms with E-state index < -0.39 is 0 Å². The summed E-state index contributed by atoms with van der Waals surface area (Å²) in [6.07, 6.45) is 3.74. The summed E-state index contributed by atoms with van der Waals surface area (Å²) in [5.41, 5.74) is 1.28. The van der Waals surface area contributed by atoms with Crippen LogP contribution in [0.15, 0.2) is 24.3 Å². The minimum atomic E-state index is -0.0916. The Morgan fingerprint density at radius 2 is 1.64 bits per heavy atom. The molecule has 1 nitrogen and oxygen atoms in total. The van der Waals surface area contributed by atoms with Gasteiger partial charge in [0.15, 0.2) is 0 Å². The first-order valence-electron chi connectivity index (χ1n) is 5.04. The van der Waals surface area contributed by atoms with Crippen molar-refractivity contribution < 1.29 is 5.11 Å². The average molecular weight is 210 g/mol. The molecule has 1 aromatic rings. The largest absolute Gasteiger partial charge is 0.393 e. The Morgan fingerprint density at radius 1 is 1.07 bits per heavy atom. The van der Waals surface area contributed by atoms with Crippen molar-refractivity contribution in [3.63, 3.8) is 0 Å². The van der Waals surface area contributed by atoms with Gasteiger partial charge < -0.3 is 5.11 Å². The second-order valence-corrected chi connectivity index (χ2v) is 4.28. The van der Waals surface area contributed by atoms with Crippen molar-refractivity contribution in [2.24, 2.45) is 0 Å². The zero-order valence-corrected chi connectivity index (χ0v) is 8.80. The quantitative estimate of drug-likeness (QED) is 0.753. The van der Waals surface area contributed by atoms with Crippen molar-refractivity contribution in [2.75, 3.05) is 0 Å². The molecule has 1 saturated carbocycles. The van der Waals surface area contributed by atoms with E-state index in [1.807, 2.05) is 12.1 Å². The van der Waals surface area contributed by atoms with Crippen molar-refractivity contribution >= 4 is 11.6 Å². The highest BCUT2D eigenvalue weighted by molar-refractivity contribution is 6.30. The normalized spacial score (nSPS) is 19.9. The molecule has 2 rings (SSSR count). The van der Waals surface area contributed by atoms with Crippen LogP contribution >= 0.6 is 11.6 Å². The zero-order valence-electron chi connectivity index (χ0n) is 8.04. The van der Waals surface area contributed by atoms with Gasteiger partial charge in [-0.1, -0.05) is 23.7 Å². The topological polar surface area (TPSA) is 20.2 Å². The van der Waals surface area contributed by atoms with Crippen molar-refractivity contribution in [3.05, 3.63) is 40.8 Å². The lowest BCUT2D eigenvalue weighted by Gasteiger charge is -2.25. The van der Waals surface area contributed by atoms with E-state index >= 15 is 0 Å². The van der Waals surface area contributed by atoms with Gasteiger partial charge in [0.05, 0.1) is 6.10 Å². The molecule has 1 radical (unpaired) electrons. The molecule has 1 N–H and O–H groups in total. The van der Waals surface area contributed by atoms with Crippen LogP contribution in [0.2, 0.25) is 5.02 Å². The lowest BCUT2D eigenvalue weighted by Crippen LogP contribution is -2.17. The Balaban J connectivity index is 2.05. The third-order valence-electron chi connectivity index (χ3n) is 2.81. The maximum absolute atomic E-state index is 9.38. The van der Waals surface area contributed by atoms with E-state index in [9.17, 15) is 5.11 Å². The van der Waals surface area contributed by atoms with Crippen LogP contribution in [0.4, 0.5) is 0 Å². The number of hydrogen-bond donors (Lipinski definition) is 1. The molecule has 0 heterocycles. The number of benzene rings is 1. The van der Waals surface area contributed by atoms with Gasteiger partial charge in [-0.05, 0) is 43.4 Å². The molecule has 0 amide bonds. The smallest absolute Gasteiger partial charge is 0.0540 e. The molecular formula is C12H14ClO. The van der Waals surface area contributed by atoms with Gasteiger partial charge in [-0.3, -0.25) is 0 Å². The van der Waals surface area contributed by atoms with Gasteiger partial charge >= 0.3 is 0 Å². The van der Waals surface area contributed by atoms with E-state index in [4.69, 9.17) is 11.6 Å². The Kier molecular flexibility index (Phi) is 3.09. The number of halogens is 1. The molecular weight excluding hydrogens is 196 g/mol. The molecule has 2 heteroatoms. The highest BCUT2D eigenvalue weighted by atomic mass is 35.5. The summed E-state index contributed by atoms with van der Waals surface area (Å²) in [6, 6.07) is 7.98. The maximum Gasteiger partial charge on any atom is 0.0540 e. The summed E-state index contributed by atoms with van der Waals surface area (Å²) >= 11 is 5.82. The van der Waals surface area contributed by atoms with Crippen LogP contribution in [0.3, 0.4) is 0 Å². The molecule has 0 atom stereocenters. The van der Waals surface area contributed by atoms with E-state index in [1.165, 1.54) is 11.5 Å². The van der Waals surface area contributed by atoms with Crippen molar-refractivity contribution in [2.45, 2.75) is 31.8 Å². The number of aliphatic hydroxyl groups is 1. The summed E-state index contributed by atoms with van der Waals surface area (Å²) in [5, 5.41) is 10.2. The fourth-order valence-corrected chi connectivity index (χ4v) is 2.05. The number of hydrogen-bond acceptors (Lipinski definition) is 1. The van der Waals surface area contributed by atoms with Crippen LogP contribution in [0.5, 0.6) is 0 Å². The number of rotatable bonds is 1. The molecule has 0 unspecified atom stereocenters. The lowest BCUT2D eigenvalue weighted by atomic mass is 9.83. The summed E-state index contributed by atoms with van der Waals surface area (Å²) in [5.74, 6) is 1.45. The molecule has 1 aliphatic carbocycles. The molecule has 0 spiro atoms. The zero-order chi connectivity index (χ0) is 9.97. The maximum atomic E-state index is 9.38. The summed E-state index contributed by atoms with van der Waals surface area (Å²) in [7, 11) is 0. The first kappa shape index (κ1) is 10.0. The highest BCUT2D eigenvalue weighted by Gasteiger charge is 2.20. The second kappa shape index (κ2) is 4.33. The lowest BCUT2D eigenvalue weighted by molar-refractivity contribution is 0.138. The van der Waals surface area contributed by atoms with Gasteiger partial charge in [0, 0.05) is 10.9 Å². The van der Waals surface area contributed by atoms with Gasteiger partial charge in [0.2, 0.25) is 0 Å². The van der Waals surface area contributed by atoms with Crippen molar-refractivity contribution in [1.82, 2.24) is 0 Å². The van der Waals surface area contributed by atoms with Crippen LogP contribution in [-0.4, -0.2) is 11.2 Å². The van der Waals surface area contributed by atoms with Crippen LogP contribution in [0.25, 0.3) is 0 Å². The summed E-state index contributed by atoms with van der Waals surface area (Å²) < 4.78 is 0. The van der Waals surface area contributed by atoms with Gasteiger partial charge in [0.25, 0.3) is 0 Å². The summed E-state index contributed by atoms with van der Waals surface area (Å²) in [4.78, 5) is 0. The highest BCUT2D eigenvalue weighted by Crippen LogP contribution is 2.32. The SMILES string of the molecule is OC1CC[C](c2ccc(Cl)cc2)CC1. The van der Waals surface area contributed by atoms with E-state index in [-0.39, 0.29) is 6.10 Å².